The van der Waals surface area contributed by atoms with E-state index in [1.807, 2.05) is 30.3 Å². The molecule has 154 valence electrons. The number of nitrogens with zero attached hydrogens (tertiary/aromatic N) is 1. The zero-order valence-electron chi connectivity index (χ0n) is 16.0. The third kappa shape index (κ3) is 5.17. The van der Waals surface area contributed by atoms with Gasteiger partial charge in [-0.15, -0.1) is 0 Å². The maximum Gasteiger partial charge on any atom is 0.250 e. The third-order valence-corrected chi connectivity index (χ3v) is 5.14. The first-order chi connectivity index (χ1) is 15.0. The number of hydrogen-bond acceptors (Lipinski definition) is 5. The van der Waals surface area contributed by atoms with Gasteiger partial charge in [0.25, 0.3) is 0 Å². The average Bonchev–Trinajstić information content (AvgIpc) is 3.18. The Morgan fingerprint density at radius 2 is 1.90 bits per heavy atom. The highest BCUT2D eigenvalue weighted by Crippen LogP contribution is 2.31. The van der Waals surface area contributed by atoms with Crippen molar-refractivity contribution in [2.24, 2.45) is 0 Å². The molecule has 0 fully saturated rings. The van der Waals surface area contributed by atoms with Gasteiger partial charge in [0, 0.05) is 17.3 Å². The molecular weight excluding hydrogens is 478 g/mol. The Morgan fingerprint density at radius 3 is 2.68 bits per heavy atom. The summed E-state index contributed by atoms with van der Waals surface area (Å²) in [5, 5.41) is 15.4. The van der Waals surface area contributed by atoms with Gasteiger partial charge in [-0.1, -0.05) is 30.3 Å². The zero-order valence-corrected chi connectivity index (χ0v) is 18.4. The first-order valence-corrected chi connectivity index (χ1v) is 10.4. The maximum atomic E-state index is 12.1. The maximum absolute atomic E-state index is 12.1. The van der Waals surface area contributed by atoms with Crippen LogP contribution in [0, 0.1) is 0 Å². The van der Waals surface area contributed by atoms with Gasteiger partial charge in [0.15, 0.2) is 10.7 Å². The monoisotopic (exact) mass is 493 g/mol. The highest BCUT2D eigenvalue weighted by Gasteiger charge is 2.11. The van der Waals surface area contributed by atoms with Crippen LogP contribution in [0.1, 0.15) is 5.56 Å². The number of rotatable bonds is 4. The molecule has 0 atom stereocenters. The van der Waals surface area contributed by atoms with Crippen LogP contribution in [0.5, 0.6) is 5.75 Å². The highest BCUT2D eigenvalue weighted by atomic mass is 79.9. The van der Waals surface area contributed by atoms with Crippen molar-refractivity contribution >= 4 is 62.0 Å². The van der Waals surface area contributed by atoms with Crippen LogP contribution in [-0.4, -0.2) is 21.1 Å². The van der Waals surface area contributed by atoms with Gasteiger partial charge in [0.1, 0.15) is 11.3 Å². The minimum atomic E-state index is -0.330. The van der Waals surface area contributed by atoms with Crippen LogP contribution in [0.15, 0.2) is 81.7 Å². The van der Waals surface area contributed by atoms with Gasteiger partial charge in [0.05, 0.1) is 4.47 Å². The number of fused-ring (bicyclic) bond motifs is 1. The van der Waals surface area contributed by atoms with Crippen LogP contribution >= 0.6 is 28.1 Å². The van der Waals surface area contributed by atoms with E-state index in [0.717, 1.165) is 11.1 Å². The van der Waals surface area contributed by atoms with E-state index >= 15 is 0 Å². The molecule has 4 aromatic rings. The number of hydrogen-bond donors (Lipinski definition) is 3. The van der Waals surface area contributed by atoms with Crippen LogP contribution < -0.4 is 10.6 Å². The van der Waals surface area contributed by atoms with Crippen molar-refractivity contribution in [1.82, 2.24) is 10.3 Å². The summed E-state index contributed by atoms with van der Waals surface area (Å²) >= 11 is 8.51. The van der Waals surface area contributed by atoms with Crippen molar-refractivity contribution in [3.8, 4) is 17.2 Å². The van der Waals surface area contributed by atoms with Crippen LogP contribution in [0.25, 0.3) is 28.6 Å². The smallest absolute Gasteiger partial charge is 0.250 e. The Morgan fingerprint density at radius 1 is 1.10 bits per heavy atom. The molecule has 0 unspecified atom stereocenters. The second-order valence-corrected chi connectivity index (χ2v) is 7.82. The lowest BCUT2D eigenvalue weighted by Crippen LogP contribution is -2.32. The van der Waals surface area contributed by atoms with Crippen LogP contribution in [0.2, 0.25) is 0 Å². The number of halogens is 1. The van der Waals surface area contributed by atoms with Crippen LogP contribution in [0.3, 0.4) is 0 Å². The molecule has 0 aliphatic rings. The molecule has 6 nitrogen and oxygen atoms in total. The molecule has 0 bridgehead atoms. The largest absolute Gasteiger partial charge is 0.507 e. The van der Waals surface area contributed by atoms with Crippen molar-refractivity contribution in [1.29, 1.82) is 0 Å². The van der Waals surface area contributed by atoms with E-state index in [1.54, 1.807) is 42.5 Å². The number of carbonyl (C=O) groups excluding carboxylic acids is 1. The zero-order chi connectivity index (χ0) is 21.8. The first kappa shape index (κ1) is 20.8. The number of amides is 1. The minimum absolute atomic E-state index is 0.139. The second kappa shape index (κ2) is 9.11. The summed E-state index contributed by atoms with van der Waals surface area (Å²) in [5.74, 6) is 0.236. The Bertz CT molecular complexity index is 1300. The van der Waals surface area contributed by atoms with Crippen LogP contribution in [-0.2, 0) is 4.79 Å². The van der Waals surface area contributed by atoms with Crippen LogP contribution in [0.4, 0.5) is 5.69 Å². The number of phenolic OH excluding ortho intramolecular Hbond substituents is 1. The number of benzene rings is 3. The molecule has 4 rings (SSSR count). The summed E-state index contributed by atoms with van der Waals surface area (Å²) in [6, 6.07) is 19.8. The molecular formula is C23H16BrN3O3S. The van der Waals surface area contributed by atoms with Gasteiger partial charge in [-0.25, -0.2) is 4.98 Å². The number of carbonyl (C=O) groups is 1. The van der Waals surface area contributed by atoms with Gasteiger partial charge >= 0.3 is 0 Å². The molecule has 1 amide bonds. The number of aromatic hydroxyl groups is 1. The van der Waals surface area contributed by atoms with Gasteiger partial charge in [0.2, 0.25) is 11.8 Å². The SMILES string of the molecule is O=C(C=Cc1ccccc1)NC(=S)Nc1ccc2oc(-c3ccc(O)c(Br)c3)nc2c1. The van der Waals surface area contributed by atoms with Crippen molar-refractivity contribution in [3.63, 3.8) is 0 Å². The predicted molar refractivity (Wildman–Crippen MR) is 129 cm³/mol. The Hall–Kier alpha value is -3.49. The van der Waals surface area contributed by atoms with E-state index in [1.165, 1.54) is 6.08 Å². The Kier molecular flexibility index (Phi) is 6.11. The fourth-order valence-corrected chi connectivity index (χ4v) is 3.42. The lowest BCUT2D eigenvalue weighted by Gasteiger charge is -2.07. The summed E-state index contributed by atoms with van der Waals surface area (Å²) in [4.78, 5) is 16.6. The lowest BCUT2D eigenvalue weighted by atomic mass is 10.2. The quantitative estimate of drug-likeness (QED) is 0.257. The summed E-state index contributed by atoms with van der Waals surface area (Å²) in [7, 11) is 0. The Balaban J connectivity index is 1.43. The van der Waals surface area contributed by atoms with Crippen molar-refractivity contribution < 1.29 is 14.3 Å². The average molecular weight is 494 g/mol. The summed E-state index contributed by atoms with van der Waals surface area (Å²) < 4.78 is 6.35. The molecule has 0 spiro atoms. The highest BCUT2D eigenvalue weighted by molar-refractivity contribution is 9.10. The topological polar surface area (TPSA) is 87.4 Å². The molecule has 1 heterocycles. The van der Waals surface area contributed by atoms with E-state index in [0.29, 0.717) is 27.2 Å². The molecule has 0 saturated carbocycles. The van der Waals surface area contributed by atoms with E-state index in [-0.39, 0.29) is 16.8 Å². The van der Waals surface area contributed by atoms with Gasteiger partial charge in [-0.2, -0.15) is 0 Å². The molecule has 8 heteroatoms. The summed E-state index contributed by atoms with van der Waals surface area (Å²) in [6.45, 7) is 0. The molecule has 0 radical (unpaired) electrons. The van der Waals surface area contributed by atoms with Gasteiger partial charge < -0.3 is 14.8 Å². The first-order valence-electron chi connectivity index (χ1n) is 9.22. The minimum Gasteiger partial charge on any atom is -0.507 e. The number of anilines is 1. The van der Waals surface area contributed by atoms with Crippen molar-refractivity contribution in [3.05, 3.63) is 82.8 Å². The standard InChI is InChI=1S/C23H16BrN3O3S/c24-17-12-15(7-9-19(17)28)22-26-18-13-16(8-10-20(18)30-22)25-23(31)27-21(29)11-6-14-4-2-1-3-5-14/h1-13,28H,(H2,25,27,29,31). The number of thiocarbonyl (C=S) groups is 1. The Labute approximate surface area is 191 Å². The van der Waals surface area contributed by atoms with E-state index in [4.69, 9.17) is 16.6 Å². The summed E-state index contributed by atoms with van der Waals surface area (Å²) in [5.41, 5.74) is 3.54. The lowest BCUT2D eigenvalue weighted by molar-refractivity contribution is -0.115. The third-order valence-electron chi connectivity index (χ3n) is 4.30. The molecule has 3 aromatic carbocycles. The van der Waals surface area contributed by atoms with Gasteiger partial charge in [-0.05, 0) is 76.2 Å². The molecule has 1 aromatic heterocycles. The fraction of sp³-hybridized carbons (Fsp3) is 0. The second-order valence-electron chi connectivity index (χ2n) is 6.56. The predicted octanol–water partition coefficient (Wildman–Crippen LogP) is 5.49. The van der Waals surface area contributed by atoms with E-state index < -0.39 is 0 Å². The number of oxazole rings is 1. The number of aromatic nitrogens is 1. The normalized spacial score (nSPS) is 11.0. The molecule has 0 saturated heterocycles. The number of nitrogens with one attached hydrogen (secondary N) is 2. The summed E-state index contributed by atoms with van der Waals surface area (Å²) in [6.07, 6.45) is 3.13. The fourth-order valence-electron chi connectivity index (χ4n) is 2.82. The van der Waals surface area contributed by atoms with E-state index in [9.17, 15) is 9.90 Å². The van der Waals surface area contributed by atoms with E-state index in [2.05, 4.69) is 31.5 Å². The number of phenols is 1. The van der Waals surface area contributed by atoms with Gasteiger partial charge in [-0.3, -0.25) is 10.1 Å². The van der Waals surface area contributed by atoms with Crippen molar-refractivity contribution in [2.75, 3.05) is 5.32 Å². The molecule has 0 aliphatic heterocycles. The molecule has 0 aliphatic carbocycles. The molecule has 31 heavy (non-hydrogen) atoms. The molecule has 3 N–H and O–H groups in total. The van der Waals surface area contributed by atoms with Crippen molar-refractivity contribution in [2.45, 2.75) is 0 Å².